The molecule has 0 aliphatic carbocycles. The first kappa shape index (κ1) is 13.0. The molecule has 0 N–H and O–H groups in total. The predicted octanol–water partition coefficient (Wildman–Crippen LogP) is 3.68. The van der Waals surface area contributed by atoms with Gasteiger partial charge in [-0.1, -0.05) is 13.8 Å². The topological polar surface area (TPSA) is 20.3 Å². The van der Waals surface area contributed by atoms with Crippen LogP contribution >= 0.6 is 23.1 Å². The van der Waals surface area contributed by atoms with E-state index < -0.39 is 0 Å². The first-order chi connectivity index (χ1) is 8.09. The predicted molar refractivity (Wildman–Crippen MR) is 75.4 cm³/mol. The summed E-state index contributed by atoms with van der Waals surface area (Å²) in [4.78, 5) is 15.5. The fourth-order valence-electron chi connectivity index (χ4n) is 2.07. The first-order valence-electron chi connectivity index (χ1n) is 6.04. The average Bonchev–Trinajstić information content (AvgIpc) is 2.67. The Bertz CT molecular complexity index is 400. The second kappa shape index (κ2) is 5.44. The average molecular weight is 269 g/mol. The van der Waals surface area contributed by atoms with Gasteiger partial charge in [0.1, 0.15) is 5.37 Å². The van der Waals surface area contributed by atoms with Crippen molar-refractivity contribution in [2.45, 2.75) is 32.6 Å². The van der Waals surface area contributed by atoms with Gasteiger partial charge in [0.15, 0.2) is 0 Å². The molecule has 2 rings (SSSR count). The van der Waals surface area contributed by atoms with E-state index in [0.717, 1.165) is 12.3 Å². The van der Waals surface area contributed by atoms with Crippen LogP contribution in [-0.4, -0.2) is 23.1 Å². The van der Waals surface area contributed by atoms with Crippen LogP contribution in [0, 0.1) is 12.8 Å². The standard InChI is InChI=1S/C13H19NOS2/c1-9(2)8-14-11(15)5-7-17-13(14)12-10(3)4-6-16-12/h4,6,9,13H,5,7-8H2,1-3H3. The van der Waals surface area contributed by atoms with Gasteiger partial charge in [0.2, 0.25) is 5.91 Å². The van der Waals surface area contributed by atoms with Gasteiger partial charge >= 0.3 is 0 Å². The summed E-state index contributed by atoms with van der Waals surface area (Å²) in [6.07, 6.45) is 0.693. The molecule has 2 nitrogen and oxygen atoms in total. The summed E-state index contributed by atoms with van der Waals surface area (Å²) in [5, 5.41) is 2.37. The van der Waals surface area contributed by atoms with E-state index in [-0.39, 0.29) is 5.37 Å². The summed E-state index contributed by atoms with van der Waals surface area (Å²) in [5.41, 5.74) is 1.32. The summed E-state index contributed by atoms with van der Waals surface area (Å²) in [6.45, 7) is 7.35. The van der Waals surface area contributed by atoms with Crippen LogP contribution in [0.25, 0.3) is 0 Å². The lowest BCUT2D eigenvalue weighted by Gasteiger charge is -2.36. The maximum atomic E-state index is 12.1. The summed E-state index contributed by atoms with van der Waals surface area (Å²) in [6, 6.07) is 2.15. The molecule has 0 radical (unpaired) electrons. The highest BCUT2D eigenvalue weighted by Gasteiger charge is 2.31. The van der Waals surface area contributed by atoms with Crippen molar-refractivity contribution in [3.8, 4) is 0 Å². The Morgan fingerprint density at radius 3 is 2.88 bits per heavy atom. The molecule has 1 aliphatic rings. The van der Waals surface area contributed by atoms with Gasteiger partial charge in [-0.15, -0.1) is 23.1 Å². The molecule has 1 atom stereocenters. The number of rotatable bonds is 3. The monoisotopic (exact) mass is 269 g/mol. The van der Waals surface area contributed by atoms with Gasteiger partial charge in [-0.2, -0.15) is 0 Å². The smallest absolute Gasteiger partial charge is 0.224 e. The van der Waals surface area contributed by atoms with E-state index >= 15 is 0 Å². The molecule has 1 unspecified atom stereocenters. The molecule has 94 valence electrons. The van der Waals surface area contributed by atoms with Crippen molar-refractivity contribution in [1.29, 1.82) is 0 Å². The van der Waals surface area contributed by atoms with Gasteiger partial charge in [-0.25, -0.2) is 0 Å². The van der Waals surface area contributed by atoms with Crippen LogP contribution in [-0.2, 0) is 4.79 Å². The Hall–Kier alpha value is -0.480. The van der Waals surface area contributed by atoms with Crippen LogP contribution in [0.15, 0.2) is 11.4 Å². The van der Waals surface area contributed by atoms with Crippen molar-refractivity contribution in [3.63, 3.8) is 0 Å². The van der Waals surface area contributed by atoms with Gasteiger partial charge < -0.3 is 4.90 Å². The molecular weight excluding hydrogens is 250 g/mol. The van der Waals surface area contributed by atoms with Crippen LogP contribution in [0.2, 0.25) is 0 Å². The molecule has 17 heavy (non-hydrogen) atoms. The van der Waals surface area contributed by atoms with Crippen LogP contribution in [0.1, 0.15) is 36.1 Å². The molecule has 1 saturated heterocycles. The molecule has 2 heterocycles. The second-order valence-corrected chi connectivity index (χ2v) is 7.02. The van der Waals surface area contributed by atoms with E-state index in [0.29, 0.717) is 18.2 Å². The Kier molecular flexibility index (Phi) is 4.15. The molecule has 0 saturated carbocycles. The molecule has 4 heteroatoms. The first-order valence-corrected chi connectivity index (χ1v) is 7.97. The van der Waals surface area contributed by atoms with Gasteiger partial charge in [0, 0.05) is 23.6 Å². The van der Waals surface area contributed by atoms with Crippen molar-refractivity contribution < 1.29 is 4.79 Å². The maximum absolute atomic E-state index is 12.1. The third-order valence-electron chi connectivity index (χ3n) is 2.88. The zero-order valence-electron chi connectivity index (χ0n) is 10.6. The molecule has 0 spiro atoms. The lowest BCUT2D eigenvalue weighted by Crippen LogP contribution is -2.39. The lowest BCUT2D eigenvalue weighted by molar-refractivity contribution is -0.132. The highest BCUT2D eigenvalue weighted by molar-refractivity contribution is 7.99. The van der Waals surface area contributed by atoms with E-state index in [9.17, 15) is 4.79 Å². The molecule has 0 bridgehead atoms. The highest BCUT2D eigenvalue weighted by atomic mass is 32.2. The largest absolute Gasteiger partial charge is 0.325 e. The van der Waals surface area contributed by atoms with E-state index in [1.165, 1.54) is 10.4 Å². The van der Waals surface area contributed by atoms with E-state index in [4.69, 9.17) is 0 Å². The number of nitrogens with zero attached hydrogens (tertiary/aromatic N) is 1. The molecule has 1 aliphatic heterocycles. The van der Waals surface area contributed by atoms with E-state index in [1.807, 2.05) is 11.8 Å². The van der Waals surface area contributed by atoms with Crippen molar-refractivity contribution in [1.82, 2.24) is 4.90 Å². The quantitative estimate of drug-likeness (QED) is 0.834. The van der Waals surface area contributed by atoms with Crippen molar-refractivity contribution >= 4 is 29.0 Å². The van der Waals surface area contributed by atoms with Gasteiger partial charge in [-0.05, 0) is 29.9 Å². The number of carbonyl (C=O) groups excluding carboxylic acids is 1. The van der Waals surface area contributed by atoms with Gasteiger partial charge in [0.25, 0.3) is 0 Å². The summed E-state index contributed by atoms with van der Waals surface area (Å²) in [7, 11) is 0. The Balaban J connectivity index is 2.23. The molecule has 0 aromatic carbocycles. The van der Waals surface area contributed by atoms with Crippen LogP contribution < -0.4 is 0 Å². The van der Waals surface area contributed by atoms with Crippen molar-refractivity contribution in [2.75, 3.05) is 12.3 Å². The van der Waals surface area contributed by atoms with Gasteiger partial charge in [-0.3, -0.25) is 4.79 Å². The van der Waals surface area contributed by atoms with Crippen molar-refractivity contribution in [3.05, 3.63) is 21.9 Å². The number of amides is 1. The molecule has 1 aromatic heterocycles. The third-order valence-corrected chi connectivity index (χ3v) is 5.35. The number of carbonyl (C=O) groups is 1. The number of hydrogen-bond acceptors (Lipinski definition) is 3. The van der Waals surface area contributed by atoms with Crippen LogP contribution in [0.4, 0.5) is 0 Å². The van der Waals surface area contributed by atoms with Crippen LogP contribution in [0.3, 0.4) is 0 Å². The van der Waals surface area contributed by atoms with E-state index in [1.54, 1.807) is 11.3 Å². The van der Waals surface area contributed by atoms with Crippen molar-refractivity contribution in [2.24, 2.45) is 5.92 Å². The fourth-order valence-corrected chi connectivity index (χ4v) is 4.59. The summed E-state index contributed by atoms with van der Waals surface area (Å²) in [5.74, 6) is 1.80. The molecular formula is C13H19NOS2. The Morgan fingerprint density at radius 1 is 1.53 bits per heavy atom. The maximum Gasteiger partial charge on any atom is 0.224 e. The number of thioether (sulfide) groups is 1. The minimum atomic E-state index is 0.249. The summed E-state index contributed by atoms with van der Waals surface area (Å²) >= 11 is 3.68. The molecule has 1 amide bonds. The van der Waals surface area contributed by atoms with E-state index in [2.05, 4.69) is 37.1 Å². The molecule has 1 aromatic rings. The van der Waals surface area contributed by atoms with Gasteiger partial charge in [0.05, 0.1) is 0 Å². The zero-order chi connectivity index (χ0) is 12.4. The second-order valence-electron chi connectivity index (χ2n) is 4.88. The Morgan fingerprint density at radius 2 is 2.29 bits per heavy atom. The minimum Gasteiger partial charge on any atom is -0.325 e. The normalized spacial score (nSPS) is 21.3. The highest BCUT2D eigenvalue weighted by Crippen LogP contribution is 2.41. The molecule has 1 fully saturated rings. The fraction of sp³-hybridized carbons (Fsp3) is 0.615. The lowest BCUT2D eigenvalue weighted by atomic mass is 10.2. The van der Waals surface area contributed by atoms with Crippen LogP contribution in [0.5, 0.6) is 0 Å². The number of hydrogen-bond donors (Lipinski definition) is 0. The minimum absolute atomic E-state index is 0.249. The third kappa shape index (κ3) is 2.86. The number of aryl methyl sites for hydroxylation is 1. The summed E-state index contributed by atoms with van der Waals surface area (Å²) < 4.78 is 0. The Labute approximate surface area is 111 Å². The number of thiophene rings is 1. The SMILES string of the molecule is Cc1ccsc1C1SCCC(=O)N1CC(C)C. The zero-order valence-corrected chi connectivity index (χ0v) is 12.2.